The first-order chi connectivity index (χ1) is 17.1. The second-order valence-electron chi connectivity index (χ2n) is 8.31. The Hall–Kier alpha value is -3.57. The van der Waals surface area contributed by atoms with Gasteiger partial charge in [-0.15, -0.1) is 6.58 Å². The van der Waals surface area contributed by atoms with Crippen molar-refractivity contribution in [3.8, 4) is 0 Å². The monoisotopic (exact) mass is 503 g/mol. The Morgan fingerprint density at radius 2 is 1.56 bits per heavy atom. The Morgan fingerprint density at radius 3 is 2.08 bits per heavy atom. The molecule has 0 N–H and O–H groups in total. The summed E-state index contributed by atoms with van der Waals surface area (Å²) in [6.45, 7) is 6.94. The number of carbonyl (C=O) groups is 5. The summed E-state index contributed by atoms with van der Waals surface area (Å²) in [7, 11) is 0. The largest absolute Gasteiger partial charge is 0.463 e. The van der Waals surface area contributed by atoms with E-state index >= 15 is 0 Å². The highest BCUT2D eigenvalue weighted by Gasteiger charge is 2.57. The molecular formula is C25H29NO10. The number of fused-ring (bicyclic) bond motifs is 1. The lowest BCUT2D eigenvalue weighted by molar-refractivity contribution is -0.286. The fraction of sp³-hybridized carbons (Fsp3) is 0.480. The summed E-state index contributed by atoms with van der Waals surface area (Å²) < 4.78 is 28.0. The molecule has 1 aromatic carbocycles. The number of amides is 2. The molecule has 0 aromatic heterocycles. The topological polar surface area (TPSA) is 135 Å². The molecule has 5 atom stereocenters. The van der Waals surface area contributed by atoms with Crippen LogP contribution in [-0.4, -0.2) is 78.5 Å². The average molecular weight is 504 g/mol. The van der Waals surface area contributed by atoms with E-state index in [-0.39, 0.29) is 24.3 Å². The van der Waals surface area contributed by atoms with Gasteiger partial charge in [0, 0.05) is 20.8 Å². The summed E-state index contributed by atoms with van der Waals surface area (Å²) in [5.74, 6) is -3.38. The molecule has 36 heavy (non-hydrogen) atoms. The van der Waals surface area contributed by atoms with Gasteiger partial charge in [0.1, 0.15) is 18.8 Å². The Morgan fingerprint density at radius 1 is 0.972 bits per heavy atom. The lowest BCUT2D eigenvalue weighted by atomic mass is 9.94. The number of hydrogen-bond donors (Lipinski definition) is 0. The van der Waals surface area contributed by atoms with Crippen LogP contribution >= 0.6 is 0 Å². The van der Waals surface area contributed by atoms with E-state index in [9.17, 15) is 24.0 Å². The normalized spacial score (nSPS) is 25.2. The number of ether oxygens (including phenoxy) is 5. The highest BCUT2D eigenvalue weighted by atomic mass is 16.7. The van der Waals surface area contributed by atoms with E-state index < -0.39 is 60.4 Å². The highest BCUT2D eigenvalue weighted by Crippen LogP contribution is 2.35. The molecule has 1 saturated heterocycles. The number of rotatable bonds is 10. The molecule has 11 heteroatoms. The fourth-order valence-corrected chi connectivity index (χ4v) is 4.20. The van der Waals surface area contributed by atoms with E-state index in [0.29, 0.717) is 12.8 Å². The Bertz CT molecular complexity index is 1000. The number of carbonyl (C=O) groups excluding carboxylic acids is 5. The summed E-state index contributed by atoms with van der Waals surface area (Å²) >= 11 is 0. The maximum atomic E-state index is 13.3. The number of unbranched alkanes of at least 4 members (excludes halogenated alkanes) is 1. The van der Waals surface area contributed by atoms with Crippen molar-refractivity contribution < 1.29 is 47.7 Å². The summed E-state index contributed by atoms with van der Waals surface area (Å²) in [4.78, 5) is 63.2. The van der Waals surface area contributed by atoms with E-state index in [0.717, 1.165) is 18.7 Å². The molecular weight excluding hydrogens is 474 g/mol. The van der Waals surface area contributed by atoms with Gasteiger partial charge >= 0.3 is 17.9 Å². The molecule has 2 amide bonds. The van der Waals surface area contributed by atoms with Crippen molar-refractivity contribution in [3.05, 3.63) is 48.0 Å². The Kier molecular flexibility index (Phi) is 8.94. The average Bonchev–Trinajstić information content (AvgIpc) is 3.06. The SMILES string of the molecule is C=CCCCO[C@@H]1OC(COC(C)=O)[C@@H](OC(C)=O)C(OC(C)=O)C1N1C(=O)c2ccccc2C1=O. The first-order valence-corrected chi connectivity index (χ1v) is 11.5. The molecule has 11 nitrogen and oxygen atoms in total. The number of hydrogen-bond acceptors (Lipinski definition) is 10. The Balaban J connectivity index is 2.06. The van der Waals surface area contributed by atoms with Gasteiger partial charge in [0.05, 0.1) is 17.7 Å². The summed E-state index contributed by atoms with van der Waals surface area (Å²) in [5.41, 5.74) is 0.334. The van der Waals surface area contributed by atoms with E-state index in [1.54, 1.807) is 18.2 Å². The van der Waals surface area contributed by atoms with E-state index in [1.807, 2.05) is 0 Å². The zero-order valence-corrected chi connectivity index (χ0v) is 20.3. The van der Waals surface area contributed by atoms with Crippen LogP contribution in [0.3, 0.4) is 0 Å². The molecule has 3 unspecified atom stereocenters. The molecule has 194 valence electrons. The maximum Gasteiger partial charge on any atom is 0.303 e. The number of nitrogens with zero attached hydrogens (tertiary/aromatic N) is 1. The number of allylic oxidation sites excluding steroid dienone is 1. The molecule has 3 rings (SSSR count). The van der Waals surface area contributed by atoms with Crippen LogP contribution in [0.2, 0.25) is 0 Å². The first-order valence-electron chi connectivity index (χ1n) is 11.5. The zero-order valence-electron chi connectivity index (χ0n) is 20.3. The number of esters is 3. The van der Waals surface area contributed by atoms with Gasteiger partial charge in [0.15, 0.2) is 18.5 Å². The van der Waals surface area contributed by atoms with Crippen molar-refractivity contribution in [2.45, 2.75) is 64.3 Å². The molecule has 0 aliphatic carbocycles. The molecule has 1 aromatic rings. The van der Waals surface area contributed by atoms with Gasteiger partial charge < -0.3 is 23.7 Å². The van der Waals surface area contributed by atoms with E-state index in [4.69, 9.17) is 23.7 Å². The van der Waals surface area contributed by atoms with Crippen molar-refractivity contribution in [1.29, 1.82) is 0 Å². The van der Waals surface area contributed by atoms with Crippen LogP contribution in [-0.2, 0) is 38.1 Å². The summed E-state index contributed by atoms with van der Waals surface area (Å²) in [6.07, 6.45) is -2.19. The van der Waals surface area contributed by atoms with E-state index in [1.165, 1.54) is 19.1 Å². The molecule has 0 spiro atoms. The maximum absolute atomic E-state index is 13.3. The van der Waals surface area contributed by atoms with Crippen LogP contribution in [0.5, 0.6) is 0 Å². The van der Waals surface area contributed by atoms with Gasteiger partial charge in [-0.05, 0) is 25.0 Å². The number of benzene rings is 1. The van der Waals surface area contributed by atoms with Crippen molar-refractivity contribution in [2.75, 3.05) is 13.2 Å². The second kappa shape index (κ2) is 11.9. The van der Waals surface area contributed by atoms with E-state index in [2.05, 4.69) is 6.58 Å². The molecule has 2 aliphatic rings. The third-order valence-electron chi connectivity index (χ3n) is 5.63. The standard InChI is InChI=1S/C25H29NO10/c1-5-6-9-12-32-25-20(26-23(30)17-10-7-8-11-18(17)24(26)31)22(35-16(4)29)21(34-15(3)28)19(36-25)13-33-14(2)27/h5,7-8,10-11,19-22,25H,1,6,9,12-13H2,2-4H3/t19?,20?,21-,22?,25-/m1/s1. The predicted molar refractivity (Wildman–Crippen MR) is 123 cm³/mol. The Labute approximate surface area is 208 Å². The van der Waals surface area contributed by atoms with Crippen molar-refractivity contribution in [1.82, 2.24) is 4.90 Å². The van der Waals surface area contributed by atoms with Crippen LogP contribution in [0.25, 0.3) is 0 Å². The van der Waals surface area contributed by atoms with Crippen molar-refractivity contribution >= 4 is 29.7 Å². The molecule has 1 fully saturated rings. The quantitative estimate of drug-likeness (QED) is 0.153. The van der Waals surface area contributed by atoms with Gasteiger partial charge in [-0.3, -0.25) is 28.9 Å². The molecule has 0 bridgehead atoms. The minimum absolute atomic E-state index is 0.154. The fourth-order valence-electron chi connectivity index (χ4n) is 4.20. The van der Waals surface area contributed by atoms with Crippen LogP contribution in [0.15, 0.2) is 36.9 Å². The minimum atomic E-state index is -1.37. The minimum Gasteiger partial charge on any atom is -0.463 e. The van der Waals surface area contributed by atoms with Crippen LogP contribution in [0, 0.1) is 0 Å². The van der Waals surface area contributed by atoms with Crippen LogP contribution < -0.4 is 0 Å². The molecule has 0 radical (unpaired) electrons. The zero-order chi connectivity index (χ0) is 26.4. The smallest absolute Gasteiger partial charge is 0.303 e. The highest BCUT2D eigenvalue weighted by molar-refractivity contribution is 6.21. The lowest BCUT2D eigenvalue weighted by Crippen LogP contribution is -2.67. The van der Waals surface area contributed by atoms with Gasteiger partial charge in [0.25, 0.3) is 11.8 Å². The van der Waals surface area contributed by atoms with Gasteiger partial charge in [-0.1, -0.05) is 18.2 Å². The summed E-state index contributed by atoms with van der Waals surface area (Å²) in [5, 5.41) is 0. The van der Waals surface area contributed by atoms with Gasteiger partial charge in [-0.25, -0.2) is 0 Å². The van der Waals surface area contributed by atoms with Gasteiger partial charge in [-0.2, -0.15) is 0 Å². The third-order valence-corrected chi connectivity index (χ3v) is 5.63. The molecule has 0 saturated carbocycles. The van der Waals surface area contributed by atoms with Crippen molar-refractivity contribution in [2.24, 2.45) is 0 Å². The van der Waals surface area contributed by atoms with Crippen LogP contribution in [0.4, 0.5) is 0 Å². The third kappa shape index (κ3) is 5.97. The first kappa shape index (κ1) is 27.0. The molecule has 2 aliphatic heterocycles. The van der Waals surface area contributed by atoms with Crippen molar-refractivity contribution in [3.63, 3.8) is 0 Å². The number of imide groups is 1. The van der Waals surface area contributed by atoms with Gasteiger partial charge in [0.2, 0.25) is 0 Å². The second-order valence-corrected chi connectivity index (χ2v) is 8.31. The summed E-state index contributed by atoms with van der Waals surface area (Å²) in [6, 6.07) is 4.95. The van der Waals surface area contributed by atoms with Crippen LogP contribution in [0.1, 0.15) is 54.3 Å². The molecule has 2 heterocycles. The predicted octanol–water partition coefficient (Wildman–Crippen LogP) is 1.79. The lowest BCUT2D eigenvalue weighted by Gasteiger charge is -2.47.